The monoisotopic (exact) mass is 611 g/mol. The van der Waals surface area contributed by atoms with E-state index in [0.29, 0.717) is 0 Å². The molecule has 1 heteroatoms. The highest BCUT2D eigenvalue weighted by molar-refractivity contribution is 6.25. The molecule has 1 heterocycles. The summed E-state index contributed by atoms with van der Waals surface area (Å²) in [5.41, 5.74) is 7.14. The van der Waals surface area contributed by atoms with Gasteiger partial charge in [0.1, 0.15) is 0 Å². The first kappa shape index (κ1) is 28.2. The molecule has 0 saturated carbocycles. The molecule has 9 aromatic rings. The third-order valence-corrected chi connectivity index (χ3v) is 9.96. The second kappa shape index (κ2) is 11.3. The molecular formula is C47H33N. The van der Waals surface area contributed by atoms with Crippen LogP contribution in [0.4, 0.5) is 0 Å². The summed E-state index contributed by atoms with van der Waals surface area (Å²) in [7, 11) is 0. The summed E-state index contributed by atoms with van der Waals surface area (Å²) < 4.78 is 0. The van der Waals surface area contributed by atoms with Crippen molar-refractivity contribution in [1.29, 1.82) is 0 Å². The normalized spacial score (nSPS) is 12.6. The largest absolute Gasteiger partial charge is 0.247 e. The van der Waals surface area contributed by atoms with Crippen LogP contribution in [0.1, 0.15) is 13.8 Å². The molecule has 0 aliphatic rings. The van der Waals surface area contributed by atoms with Crippen molar-refractivity contribution in [2.75, 3.05) is 0 Å². The summed E-state index contributed by atoms with van der Waals surface area (Å²) in [4.78, 5) is 5.32. The Bertz CT molecular complexity index is 2850. The highest BCUT2D eigenvalue weighted by Gasteiger charge is 2.20. The van der Waals surface area contributed by atoms with E-state index in [1.165, 1.54) is 75.9 Å². The average Bonchev–Trinajstić information content (AvgIpc) is 3.15. The Kier molecular flexibility index (Phi) is 6.66. The van der Waals surface area contributed by atoms with Crippen LogP contribution >= 0.6 is 0 Å². The second-order valence-electron chi connectivity index (χ2n) is 12.5. The van der Waals surface area contributed by atoms with Crippen LogP contribution in [0.3, 0.4) is 0 Å². The van der Waals surface area contributed by atoms with Crippen molar-refractivity contribution in [2.45, 2.75) is 13.8 Å². The lowest BCUT2D eigenvalue weighted by Crippen LogP contribution is -2.29. The second-order valence-corrected chi connectivity index (χ2v) is 12.5. The molecular weight excluding hydrogens is 579 g/mol. The molecule has 0 amide bonds. The molecule has 0 N–H and O–H groups in total. The number of nitrogens with zero attached hydrogens (tertiary/aromatic N) is 1. The molecule has 226 valence electrons. The first-order valence-electron chi connectivity index (χ1n) is 16.7. The van der Waals surface area contributed by atoms with Gasteiger partial charge in [0.25, 0.3) is 0 Å². The molecule has 0 bridgehead atoms. The van der Waals surface area contributed by atoms with E-state index in [2.05, 4.69) is 178 Å². The molecule has 0 radical (unpaired) electrons. The van der Waals surface area contributed by atoms with Crippen LogP contribution in [0.25, 0.3) is 99.5 Å². The summed E-state index contributed by atoms with van der Waals surface area (Å²) in [6, 6.07) is 55.5. The Morgan fingerprint density at radius 3 is 1.46 bits per heavy atom. The molecule has 0 unspecified atom stereocenters. The van der Waals surface area contributed by atoms with Crippen molar-refractivity contribution >= 4 is 66.0 Å². The fourth-order valence-electron chi connectivity index (χ4n) is 7.84. The van der Waals surface area contributed by atoms with Gasteiger partial charge in [-0.15, -0.1) is 0 Å². The Labute approximate surface area is 279 Å². The summed E-state index contributed by atoms with van der Waals surface area (Å²) in [6.07, 6.45) is 4.30. The SMILES string of the molecule is C/C=c1\c(=C/C)nc(-c2ccc3c(-c4cccc5ccccc45)c4ccccc4c(-c4cccc5ccccc45)c3c2)c2ccccc12. The Hall–Kier alpha value is -6.05. The van der Waals surface area contributed by atoms with Crippen LogP contribution in [-0.4, -0.2) is 4.98 Å². The zero-order valence-corrected chi connectivity index (χ0v) is 27.0. The molecule has 48 heavy (non-hydrogen) atoms. The average molecular weight is 612 g/mol. The van der Waals surface area contributed by atoms with E-state index in [1.807, 2.05) is 0 Å². The van der Waals surface area contributed by atoms with Crippen molar-refractivity contribution in [3.63, 3.8) is 0 Å². The molecule has 0 spiro atoms. The van der Waals surface area contributed by atoms with Crippen LogP contribution < -0.4 is 10.6 Å². The van der Waals surface area contributed by atoms with Gasteiger partial charge >= 0.3 is 0 Å². The van der Waals surface area contributed by atoms with Crippen molar-refractivity contribution < 1.29 is 0 Å². The Morgan fingerprint density at radius 1 is 0.396 bits per heavy atom. The molecule has 1 nitrogen and oxygen atoms in total. The van der Waals surface area contributed by atoms with E-state index >= 15 is 0 Å². The van der Waals surface area contributed by atoms with Gasteiger partial charge in [0.05, 0.1) is 11.0 Å². The van der Waals surface area contributed by atoms with Crippen molar-refractivity contribution in [3.05, 3.63) is 162 Å². The summed E-state index contributed by atoms with van der Waals surface area (Å²) in [6.45, 7) is 4.18. The third kappa shape index (κ3) is 4.28. The van der Waals surface area contributed by atoms with E-state index in [0.717, 1.165) is 22.0 Å². The fourth-order valence-corrected chi connectivity index (χ4v) is 7.84. The lowest BCUT2D eigenvalue weighted by atomic mass is 9.83. The van der Waals surface area contributed by atoms with Gasteiger partial charge in [0, 0.05) is 16.2 Å². The first-order valence-corrected chi connectivity index (χ1v) is 16.7. The minimum atomic E-state index is 1.01. The molecule has 0 aliphatic heterocycles. The highest BCUT2D eigenvalue weighted by Crippen LogP contribution is 2.47. The van der Waals surface area contributed by atoms with E-state index in [4.69, 9.17) is 4.98 Å². The molecule has 0 saturated heterocycles. The topological polar surface area (TPSA) is 12.9 Å². The molecule has 1 aromatic heterocycles. The van der Waals surface area contributed by atoms with Gasteiger partial charge < -0.3 is 0 Å². The van der Waals surface area contributed by atoms with Gasteiger partial charge in [-0.2, -0.15) is 0 Å². The van der Waals surface area contributed by atoms with E-state index in [1.54, 1.807) is 0 Å². The first-order chi connectivity index (χ1) is 23.7. The molecule has 9 rings (SSSR count). The van der Waals surface area contributed by atoms with Crippen molar-refractivity contribution in [2.24, 2.45) is 0 Å². The van der Waals surface area contributed by atoms with Crippen LogP contribution in [0, 0.1) is 0 Å². The zero-order valence-electron chi connectivity index (χ0n) is 27.0. The van der Waals surface area contributed by atoms with Gasteiger partial charge in [0.2, 0.25) is 0 Å². The van der Waals surface area contributed by atoms with Gasteiger partial charge in [-0.1, -0.05) is 158 Å². The quantitative estimate of drug-likeness (QED) is 0.181. The summed E-state index contributed by atoms with van der Waals surface area (Å²) >= 11 is 0. The highest BCUT2D eigenvalue weighted by atomic mass is 14.7. The van der Waals surface area contributed by atoms with Crippen LogP contribution in [0.2, 0.25) is 0 Å². The lowest BCUT2D eigenvalue weighted by molar-refractivity contribution is 1.25. The maximum atomic E-state index is 5.32. The van der Waals surface area contributed by atoms with E-state index in [-0.39, 0.29) is 0 Å². The van der Waals surface area contributed by atoms with Gasteiger partial charge in [-0.3, -0.25) is 0 Å². The molecule has 0 atom stereocenters. The van der Waals surface area contributed by atoms with E-state index in [9.17, 15) is 0 Å². The fraction of sp³-hybridized carbons (Fsp3) is 0.0426. The van der Waals surface area contributed by atoms with Crippen LogP contribution in [-0.2, 0) is 0 Å². The van der Waals surface area contributed by atoms with Gasteiger partial charge in [-0.05, 0) is 90.6 Å². The number of rotatable bonds is 3. The summed E-state index contributed by atoms with van der Waals surface area (Å²) in [5.74, 6) is 0. The number of aromatic nitrogens is 1. The van der Waals surface area contributed by atoms with E-state index < -0.39 is 0 Å². The number of fused-ring (bicyclic) bond motifs is 5. The standard InChI is InChI=1S/C47H33N/c1-3-33-36-21-9-12-24-42(36)47(48-44(33)4-2)32-27-28-41-43(29-32)46(38-26-14-18-31-16-6-8-20-35(31)38)40-23-11-10-22-39(40)45(41)37-25-13-17-30-15-5-7-19-34(30)37/h3-29H,1-2H3/b33-3-,44-4+. The van der Waals surface area contributed by atoms with Gasteiger partial charge in [0.15, 0.2) is 0 Å². The minimum absolute atomic E-state index is 1.01. The third-order valence-electron chi connectivity index (χ3n) is 9.96. The predicted molar refractivity (Wildman–Crippen MR) is 208 cm³/mol. The number of pyridine rings is 1. The van der Waals surface area contributed by atoms with Crippen molar-refractivity contribution in [1.82, 2.24) is 4.98 Å². The lowest BCUT2D eigenvalue weighted by Gasteiger charge is -2.20. The maximum absolute atomic E-state index is 5.32. The number of hydrogen-bond donors (Lipinski definition) is 0. The molecule has 8 aromatic carbocycles. The van der Waals surface area contributed by atoms with Crippen LogP contribution in [0.5, 0.6) is 0 Å². The van der Waals surface area contributed by atoms with Gasteiger partial charge in [-0.25, -0.2) is 4.98 Å². The number of hydrogen-bond acceptors (Lipinski definition) is 1. The summed E-state index contributed by atoms with van der Waals surface area (Å²) in [5, 5.41) is 14.5. The van der Waals surface area contributed by atoms with Crippen LogP contribution in [0.15, 0.2) is 152 Å². The predicted octanol–water partition coefficient (Wildman–Crippen LogP) is 11.4. The van der Waals surface area contributed by atoms with Crippen molar-refractivity contribution in [3.8, 4) is 33.5 Å². The smallest absolute Gasteiger partial charge is 0.0788 e. The molecule has 0 fully saturated rings. The zero-order chi connectivity index (χ0) is 32.2. The number of benzene rings is 8. The Balaban J connectivity index is 1.49. The minimum Gasteiger partial charge on any atom is -0.247 e. The maximum Gasteiger partial charge on any atom is 0.0788 e. The molecule has 0 aliphatic carbocycles. The Morgan fingerprint density at radius 2 is 0.875 bits per heavy atom.